The fourth-order valence-electron chi connectivity index (χ4n) is 0. The Bertz CT molecular complexity index is 77.6. The molecule has 0 bridgehead atoms. The van der Waals surface area contributed by atoms with Crippen molar-refractivity contribution < 1.29 is 13.3 Å². The first-order valence-corrected chi connectivity index (χ1v) is 4.65. The Labute approximate surface area is 43.0 Å². The van der Waals surface area contributed by atoms with E-state index in [1.54, 1.807) is 0 Å². The molecule has 0 fully saturated rings. The van der Waals surface area contributed by atoms with E-state index in [1.165, 1.54) is 0 Å². The van der Waals surface area contributed by atoms with Gasteiger partial charge in [-0.05, 0) is 0 Å². The van der Waals surface area contributed by atoms with E-state index >= 15 is 0 Å². The van der Waals surface area contributed by atoms with Crippen LogP contribution in [0.1, 0.15) is 0 Å². The van der Waals surface area contributed by atoms with Crippen LogP contribution in [-0.4, -0.2) is 7.11 Å². The lowest BCUT2D eigenvalue weighted by Crippen LogP contribution is -1.60. The Kier molecular flexibility index (Phi) is 2.26. The van der Waals surface area contributed by atoms with Gasteiger partial charge in [0.1, 0.15) is 0 Å². The van der Waals surface area contributed by atoms with E-state index in [4.69, 9.17) is 0 Å². The van der Waals surface area contributed by atoms with E-state index in [-0.39, 0.29) is 0 Å². The monoisotopic (exact) mass is 176 g/mol. The molecule has 0 aromatic rings. The second-order valence-corrected chi connectivity index (χ2v) is 4.33. The lowest BCUT2D eigenvalue weighted by molar-refractivity contribution is 0.376. The molecule has 0 amide bonds. The fraction of sp³-hybridized carbons (Fsp3) is 1.00. The smallest absolute Gasteiger partial charge is 0.301 e. The molecule has 38 valence electrons. The largest absolute Gasteiger partial charge is 0.431 e. The summed E-state index contributed by atoms with van der Waals surface area (Å²) in [6.07, 6.45) is -3.83. The third-order valence-electron chi connectivity index (χ3n) is 0.213. The van der Waals surface area contributed by atoms with Gasteiger partial charge in [0, 0.05) is 7.11 Å². The van der Waals surface area contributed by atoms with Gasteiger partial charge >= 0.3 is 6.38 Å². The third kappa shape index (κ3) is 4.60. The second-order valence-electron chi connectivity index (χ2n) is 0.597. The van der Waals surface area contributed by atoms with E-state index in [1.807, 2.05) is 0 Å². The van der Waals surface area contributed by atoms with Crippen LogP contribution in [0.3, 0.4) is 0 Å². The molecule has 0 saturated carbocycles. The number of halogens is 2. The molecular weight excluding hydrogens is 174 g/mol. The van der Waals surface area contributed by atoms with Crippen LogP contribution < -0.4 is 0 Å². The van der Waals surface area contributed by atoms with E-state index < -0.39 is 6.38 Å². The van der Waals surface area contributed by atoms with Crippen LogP contribution in [0.2, 0.25) is 0 Å². The minimum atomic E-state index is -3.83. The Morgan fingerprint density at radius 3 is 2.17 bits per heavy atom. The summed E-state index contributed by atoms with van der Waals surface area (Å²) in [5.41, 5.74) is 0. The predicted molar refractivity (Wildman–Crippen MR) is 24.7 cm³/mol. The molecule has 0 saturated heterocycles. The predicted octanol–water partition coefficient (Wildman–Crippen LogP) is 2.11. The molecule has 0 radical (unpaired) electrons. The third-order valence-corrected chi connectivity index (χ3v) is 1.51. The summed E-state index contributed by atoms with van der Waals surface area (Å²) in [6, 6.07) is 0. The Balaban J connectivity index is 3.48. The van der Waals surface area contributed by atoms with Crippen LogP contribution in [0.4, 0.5) is 4.20 Å². The van der Waals surface area contributed by atoms with Crippen molar-refractivity contribution in [2.45, 2.75) is 0 Å². The summed E-state index contributed by atoms with van der Waals surface area (Å²) in [7, 11) is 1.02. The highest BCUT2D eigenvalue weighted by Gasteiger charge is 2.10. The molecule has 6 heavy (non-hydrogen) atoms. The molecule has 0 N–H and O–H groups in total. The van der Waals surface area contributed by atoms with Crippen LogP contribution >= 0.6 is 21.9 Å². The topological polar surface area (TPSA) is 26.3 Å². The molecule has 0 rings (SSSR count). The second kappa shape index (κ2) is 2.05. The van der Waals surface area contributed by atoms with E-state index in [2.05, 4.69) is 20.0 Å². The maximum atomic E-state index is 11.4. The lowest BCUT2D eigenvalue weighted by Gasteiger charge is -1.89. The first-order chi connectivity index (χ1) is 2.56. The Morgan fingerprint density at radius 1 is 2.00 bits per heavy atom. The van der Waals surface area contributed by atoms with E-state index in [0.717, 1.165) is 7.11 Å². The molecule has 5 heteroatoms. The Hall–Kier alpha value is 0.600. The molecule has 0 aliphatic heterocycles. The van der Waals surface area contributed by atoms with Crippen molar-refractivity contribution >= 4 is 21.9 Å². The SMILES string of the molecule is COP(=O)(F)Br. The zero-order valence-corrected chi connectivity index (χ0v) is 5.50. The average molecular weight is 177 g/mol. The van der Waals surface area contributed by atoms with Gasteiger partial charge in [0.05, 0.1) is 15.5 Å². The van der Waals surface area contributed by atoms with Gasteiger partial charge in [0.15, 0.2) is 0 Å². The maximum Gasteiger partial charge on any atom is 0.431 e. The average Bonchev–Trinajstić information content (AvgIpc) is 1.35. The quantitative estimate of drug-likeness (QED) is 0.573. The van der Waals surface area contributed by atoms with Crippen LogP contribution in [0.25, 0.3) is 0 Å². The van der Waals surface area contributed by atoms with Crippen molar-refractivity contribution in [2.75, 3.05) is 7.11 Å². The summed E-state index contributed by atoms with van der Waals surface area (Å²) in [5, 5.41) is 0. The van der Waals surface area contributed by atoms with Crippen molar-refractivity contribution in [1.82, 2.24) is 0 Å². The van der Waals surface area contributed by atoms with Crippen molar-refractivity contribution in [1.29, 1.82) is 0 Å². The van der Waals surface area contributed by atoms with Gasteiger partial charge in [-0.15, -0.1) is 4.20 Å². The van der Waals surface area contributed by atoms with Gasteiger partial charge in [-0.25, -0.2) is 4.57 Å². The number of rotatable bonds is 1. The van der Waals surface area contributed by atoms with Crippen molar-refractivity contribution in [3.8, 4) is 0 Å². The zero-order chi connectivity index (χ0) is 5.21. The summed E-state index contributed by atoms with van der Waals surface area (Å²) in [4.78, 5) is 0. The van der Waals surface area contributed by atoms with Gasteiger partial charge < -0.3 is 4.52 Å². The zero-order valence-electron chi connectivity index (χ0n) is 3.02. The van der Waals surface area contributed by atoms with Gasteiger partial charge in [0.25, 0.3) is 0 Å². The first kappa shape index (κ1) is 6.60. The van der Waals surface area contributed by atoms with E-state index in [0.29, 0.717) is 0 Å². The minimum absolute atomic E-state index is 1.02. The molecule has 0 spiro atoms. The molecule has 1 unspecified atom stereocenters. The molecule has 0 aliphatic rings. The molecule has 0 aliphatic carbocycles. The highest BCUT2D eigenvalue weighted by molar-refractivity contribution is 9.39. The van der Waals surface area contributed by atoms with Gasteiger partial charge in [-0.2, -0.15) is 0 Å². The van der Waals surface area contributed by atoms with Gasteiger partial charge in [0.2, 0.25) is 0 Å². The van der Waals surface area contributed by atoms with Crippen LogP contribution in [0.15, 0.2) is 0 Å². The molecule has 0 aromatic carbocycles. The van der Waals surface area contributed by atoms with Crippen molar-refractivity contribution in [3.63, 3.8) is 0 Å². The number of hydrogen-bond acceptors (Lipinski definition) is 2. The normalized spacial score (nSPS) is 19.8. The standard InChI is InChI=1S/CH3BrFO2P/c1-5-6(2,3)4/h1H3. The summed E-state index contributed by atoms with van der Waals surface area (Å²) < 4.78 is 24.7. The molecule has 1 atom stereocenters. The Morgan fingerprint density at radius 2 is 2.17 bits per heavy atom. The first-order valence-electron chi connectivity index (χ1n) is 1.11. The van der Waals surface area contributed by atoms with Crippen LogP contribution in [-0.2, 0) is 9.09 Å². The minimum Gasteiger partial charge on any atom is -0.301 e. The van der Waals surface area contributed by atoms with Gasteiger partial charge in [-0.1, -0.05) is 0 Å². The maximum absolute atomic E-state index is 11.4. The van der Waals surface area contributed by atoms with Crippen molar-refractivity contribution in [3.05, 3.63) is 0 Å². The van der Waals surface area contributed by atoms with Crippen LogP contribution in [0.5, 0.6) is 0 Å². The lowest BCUT2D eigenvalue weighted by atomic mass is 11.8. The number of hydrogen-bond donors (Lipinski definition) is 0. The molecule has 0 aromatic heterocycles. The highest BCUT2D eigenvalue weighted by atomic mass is 79.9. The summed E-state index contributed by atoms with van der Waals surface area (Å²) in [6.45, 7) is 0. The molecule has 0 heterocycles. The van der Waals surface area contributed by atoms with Gasteiger partial charge in [-0.3, -0.25) is 0 Å². The van der Waals surface area contributed by atoms with Crippen LogP contribution in [0, 0.1) is 0 Å². The summed E-state index contributed by atoms with van der Waals surface area (Å²) in [5.74, 6) is 0. The molecular formula is CH3BrFO2P. The van der Waals surface area contributed by atoms with Crippen molar-refractivity contribution in [2.24, 2.45) is 0 Å². The van der Waals surface area contributed by atoms with E-state index in [9.17, 15) is 8.76 Å². The summed E-state index contributed by atoms with van der Waals surface area (Å²) >= 11 is 2.14. The molecule has 2 nitrogen and oxygen atoms in total. The highest BCUT2D eigenvalue weighted by Crippen LogP contribution is 2.55. The fourth-order valence-corrected chi connectivity index (χ4v) is 0.